The highest BCUT2D eigenvalue weighted by Crippen LogP contribution is 2.17. The molecule has 0 radical (unpaired) electrons. The number of allylic oxidation sites excluding steroid dienone is 1. The Balaban J connectivity index is 3.40. The zero-order valence-corrected chi connectivity index (χ0v) is 41.2. The van der Waals surface area contributed by atoms with Gasteiger partial charge >= 0.3 is 5.97 Å². The first-order valence-electron chi connectivity index (χ1n) is 27.5. The first kappa shape index (κ1) is 59.6. The molecule has 0 fully saturated rings. The number of ether oxygens (including phenoxy) is 1. The Labute approximate surface area is 380 Å². The number of amides is 1. The molecule has 0 saturated heterocycles. The van der Waals surface area contributed by atoms with Gasteiger partial charge in [-0.1, -0.05) is 270 Å². The molecule has 0 rings (SSSR count). The fourth-order valence-electron chi connectivity index (χ4n) is 8.58. The maximum Gasteiger partial charge on any atom is 0.305 e. The number of hydrogen-bond donors (Lipinski definition) is 3. The van der Waals surface area contributed by atoms with E-state index in [1.54, 1.807) is 6.08 Å². The molecule has 3 N–H and O–H groups in total. The van der Waals surface area contributed by atoms with Crippen LogP contribution < -0.4 is 5.32 Å². The molecule has 0 aromatic carbocycles. The van der Waals surface area contributed by atoms with Gasteiger partial charge in [-0.3, -0.25) is 9.59 Å². The van der Waals surface area contributed by atoms with Gasteiger partial charge in [-0.25, -0.2) is 0 Å². The number of carbonyl (C=O) groups is 2. The van der Waals surface area contributed by atoms with Crippen molar-refractivity contribution in [2.75, 3.05) is 13.2 Å². The Kier molecular flexibility index (Phi) is 50.1. The van der Waals surface area contributed by atoms with Crippen LogP contribution in [0, 0.1) is 0 Å². The van der Waals surface area contributed by atoms with E-state index in [0.29, 0.717) is 19.4 Å². The molecule has 6 heteroatoms. The zero-order chi connectivity index (χ0) is 44.4. The molecule has 0 aromatic rings. The summed E-state index contributed by atoms with van der Waals surface area (Å²) in [5.74, 6) is -0.0607. The normalized spacial score (nSPS) is 12.7. The predicted molar refractivity (Wildman–Crippen MR) is 264 cm³/mol. The molecule has 0 spiro atoms. The highest BCUT2D eigenvalue weighted by atomic mass is 16.5. The molecule has 0 heterocycles. The summed E-state index contributed by atoms with van der Waals surface area (Å²) in [6.07, 6.45) is 59.4. The van der Waals surface area contributed by atoms with Crippen molar-refractivity contribution in [2.45, 2.75) is 315 Å². The Hall–Kier alpha value is -1.40. The summed E-state index contributed by atoms with van der Waals surface area (Å²) < 4.78 is 5.47. The van der Waals surface area contributed by atoms with E-state index in [-0.39, 0.29) is 18.5 Å². The minimum atomic E-state index is -0.844. The maximum atomic E-state index is 12.4. The lowest BCUT2D eigenvalue weighted by atomic mass is 10.0. The highest BCUT2D eigenvalue weighted by molar-refractivity contribution is 5.76. The van der Waals surface area contributed by atoms with Crippen molar-refractivity contribution in [1.29, 1.82) is 0 Å². The smallest absolute Gasteiger partial charge is 0.305 e. The standard InChI is InChI=1S/C55H107NO5/c1-3-5-7-9-11-13-15-24-29-33-37-41-45-49-55(60)61-50-46-42-38-34-30-26-23-21-19-17-18-20-22-25-28-32-36-40-44-48-54(59)56-52(51-57)53(58)47-43-39-35-31-27-16-14-12-10-8-6-4-2/h43,47,52-53,57-58H,3-42,44-46,48-51H2,1-2H3,(H,56,59)/b47-43+. The van der Waals surface area contributed by atoms with Gasteiger partial charge in [-0.15, -0.1) is 0 Å². The van der Waals surface area contributed by atoms with Crippen LogP contribution in [0.4, 0.5) is 0 Å². The summed E-state index contributed by atoms with van der Waals surface area (Å²) in [5.41, 5.74) is 0. The van der Waals surface area contributed by atoms with E-state index in [9.17, 15) is 19.8 Å². The van der Waals surface area contributed by atoms with E-state index in [0.717, 1.165) is 38.5 Å². The second-order valence-corrected chi connectivity index (χ2v) is 18.9. The third kappa shape index (κ3) is 47.9. The van der Waals surface area contributed by atoms with Crippen molar-refractivity contribution in [3.63, 3.8) is 0 Å². The Morgan fingerprint density at radius 3 is 1.11 bits per heavy atom. The SMILES string of the molecule is CCCCCCCCCCCC/C=C/C(O)C(CO)NC(=O)CCCCCCCCCCCCCCCCCCCCCOC(=O)CCCCCCCCCCCCCCC. The van der Waals surface area contributed by atoms with Crippen molar-refractivity contribution >= 4 is 11.9 Å². The van der Waals surface area contributed by atoms with Gasteiger partial charge in [0.05, 0.1) is 25.4 Å². The number of rotatable bonds is 51. The van der Waals surface area contributed by atoms with Crippen LogP contribution in [0.5, 0.6) is 0 Å². The number of hydrogen-bond acceptors (Lipinski definition) is 5. The zero-order valence-electron chi connectivity index (χ0n) is 41.2. The average molecular weight is 862 g/mol. The van der Waals surface area contributed by atoms with E-state index < -0.39 is 12.1 Å². The summed E-state index contributed by atoms with van der Waals surface area (Å²) in [6, 6.07) is -0.628. The Morgan fingerprint density at radius 1 is 0.443 bits per heavy atom. The lowest BCUT2D eigenvalue weighted by Gasteiger charge is -2.20. The summed E-state index contributed by atoms with van der Waals surface area (Å²) in [5, 5.41) is 23.0. The monoisotopic (exact) mass is 862 g/mol. The summed E-state index contributed by atoms with van der Waals surface area (Å²) in [7, 11) is 0. The molecule has 0 aliphatic carbocycles. The van der Waals surface area contributed by atoms with Crippen molar-refractivity contribution in [3.05, 3.63) is 12.2 Å². The highest BCUT2D eigenvalue weighted by Gasteiger charge is 2.18. The van der Waals surface area contributed by atoms with Crippen LogP contribution in [0.15, 0.2) is 12.2 Å². The minimum Gasteiger partial charge on any atom is -0.466 e. The molecule has 362 valence electrons. The summed E-state index contributed by atoms with van der Waals surface area (Å²) in [4.78, 5) is 24.4. The Bertz CT molecular complexity index is 909. The van der Waals surface area contributed by atoms with Crippen LogP contribution in [0.1, 0.15) is 303 Å². The van der Waals surface area contributed by atoms with E-state index >= 15 is 0 Å². The number of esters is 1. The number of carbonyl (C=O) groups excluding carboxylic acids is 2. The maximum absolute atomic E-state index is 12.4. The van der Waals surface area contributed by atoms with E-state index in [1.807, 2.05) is 6.08 Å². The second-order valence-electron chi connectivity index (χ2n) is 18.9. The van der Waals surface area contributed by atoms with Crippen molar-refractivity contribution in [1.82, 2.24) is 5.32 Å². The molecule has 0 aromatic heterocycles. The first-order chi connectivity index (χ1) is 30.0. The largest absolute Gasteiger partial charge is 0.466 e. The molecule has 2 unspecified atom stereocenters. The van der Waals surface area contributed by atoms with Crippen molar-refractivity contribution in [2.24, 2.45) is 0 Å². The number of aliphatic hydroxyl groups excluding tert-OH is 2. The number of nitrogens with one attached hydrogen (secondary N) is 1. The quantitative estimate of drug-likeness (QED) is 0.0322. The molecular weight excluding hydrogens is 755 g/mol. The van der Waals surface area contributed by atoms with Crippen LogP contribution in [0.3, 0.4) is 0 Å². The van der Waals surface area contributed by atoms with Gasteiger partial charge in [0.15, 0.2) is 0 Å². The van der Waals surface area contributed by atoms with Gasteiger partial charge in [-0.05, 0) is 32.1 Å². The van der Waals surface area contributed by atoms with E-state index in [4.69, 9.17) is 4.74 Å². The van der Waals surface area contributed by atoms with Gasteiger partial charge in [-0.2, -0.15) is 0 Å². The summed E-state index contributed by atoms with van der Waals surface area (Å²) >= 11 is 0. The van der Waals surface area contributed by atoms with E-state index in [2.05, 4.69) is 19.2 Å². The molecule has 0 saturated carbocycles. The fourth-order valence-corrected chi connectivity index (χ4v) is 8.58. The number of aliphatic hydroxyl groups is 2. The molecule has 6 nitrogen and oxygen atoms in total. The molecule has 0 aliphatic rings. The average Bonchev–Trinajstić information content (AvgIpc) is 3.26. The lowest BCUT2D eigenvalue weighted by molar-refractivity contribution is -0.143. The molecule has 1 amide bonds. The third-order valence-corrected chi connectivity index (χ3v) is 12.8. The topological polar surface area (TPSA) is 95.9 Å². The molecule has 0 aliphatic heterocycles. The molecule has 2 atom stereocenters. The molecule has 61 heavy (non-hydrogen) atoms. The number of unbranched alkanes of at least 4 members (excludes halogenated alkanes) is 40. The Morgan fingerprint density at radius 2 is 0.754 bits per heavy atom. The minimum absolute atomic E-state index is 0.00994. The molecule has 0 bridgehead atoms. The van der Waals surface area contributed by atoms with Gasteiger partial charge in [0.25, 0.3) is 0 Å². The van der Waals surface area contributed by atoms with Crippen molar-refractivity contribution < 1.29 is 24.5 Å². The van der Waals surface area contributed by atoms with Gasteiger partial charge in [0, 0.05) is 12.8 Å². The van der Waals surface area contributed by atoms with Crippen LogP contribution in [-0.4, -0.2) is 47.4 Å². The van der Waals surface area contributed by atoms with Crippen LogP contribution in [0.25, 0.3) is 0 Å². The summed E-state index contributed by atoms with van der Waals surface area (Å²) in [6.45, 7) is 4.90. The van der Waals surface area contributed by atoms with Crippen LogP contribution in [-0.2, 0) is 14.3 Å². The van der Waals surface area contributed by atoms with Crippen LogP contribution in [0.2, 0.25) is 0 Å². The predicted octanol–water partition coefficient (Wildman–Crippen LogP) is 16.5. The molecular formula is C55H107NO5. The van der Waals surface area contributed by atoms with Crippen molar-refractivity contribution in [3.8, 4) is 0 Å². The van der Waals surface area contributed by atoms with Gasteiger partial charge in [0.2, 0.25) is 5.91 Å². The lowest BCUT2D eigenvalue weighted by Crippen LogP contribution is -2.45. The van der Waals surface area contributed by atoms with E-state index in [1.165, 1.54) is 238 Å². The van der Waals surface area contributed by atoms with Gasteiger partial charge < -0.3 is 20.3 Å². The second kappa shape index (κ2) is 51.2. The van der Waals surface area contributed by atoms with Crippen LogP contribution >= 0.6 is 0 Å². The third-order valence-electron chi connectivity index (χ3n) is 12.8. The fraction of sp³-hybridized carbons (Fsp3) is 0.927. The first-order valence-corrected chi connectivity index (χ1v) is 27.5. The van der Waals surface area contributed by atoms with Gasteiger partial charge in [0.1, 0.15) is 0 Å².